The first-order valence-corrected chi connectivity index (χ1v) is 23.4. The molecule has 0 radical (unpaired) electrons. The summed E-state index contributed by atoms with van der Waals surface area (Å²) in [6.45, 7) is 4.03. The van der Waals surface area contributed by atoms with Crippen LogP contribution in [-0.2, 0) is 4.79 Å². The highest BCUT2D eigenvalue weighted by molar-refractivity contribution is 5.80. The number of unbranched alkanes of at least 4 members (excludes halogenated alkanes) is 27. The van der Waals surface area contributed by atoms with Gasteiger partial charge in [0.1, 0.15) is 12.2 Å². The standard InChI is InChI=1S/C48H91NO5/c1-3-5-7-9-11-13-15-17-19-20-21-22-23-24-25-26-27-28-30-32-34-36-38-40-42-46(52)48(54)49-44(43-50)47(53)45(51)41-39-37-35-33-31-29-18-16-14-12-10-8-6-4-2/h21-22,24-25,33,35,44-47,50-53H,3-20,23,26-32,34,36-43H2,1-2H3,(H,49,54)/b22-21-,25-24-,35-33+. The molecule has 0 aliphatic rings. The molecular weight excluding hydrogens is 671 g/mol. The zero-order valence-corrected chi connectivity index (χ0v) is 35.7. The van der Waals surface area contributed by atoms with E-state index in [0.717, 1.165) is 51.4 Å². The van der Waals surface area contributed by atoms with E-state index in [0.29, 0.717) is 12.8 Å². The number of allylic oxidation sites excluding steroid dienone is 6. The van der Waals surface area contributed by atoms with Crippen molar-refractivity contribution in [1.29, 1.82) is 0 Å². The van der Waals surface area contributed by atoms with Crippen LogP contribution in [0.4, 0.5) is 0 Å². The van der Waals surface area contributed by atoms with Crippen LogP contribution in [0.1, 0.15) is 232 Å². The molecule has 0 aliphatic carbocycles. The van der Waals surface area contributed by atoms with E-state index in [-0.39, 0.29) is 0 Å². The molecule has 0 saturated heterocycles. The number of nitrogens with one attached hydrogen (secondary N) is 1. The van der Waals surface area contributed by atoms with Crippen molar-refractivity contribution >= 4 is 5.91 Å². The summed E-state index contributed by atoms with van der Waals surface area (Å²) in [5, 5.41) is 43.7. The Labute approximate surface area is 335 Å². The monoisotopic (exact) mass is 762 g/mol. The van der Waals surface area contributed by atoms with Gasteiger partial charge in [0.05, 0.1) is 18.8 Å². The number of hydrogen-bond acceptors (Lipinski definition) is 5. The van der Waals surface area contributed by atoms with Crippen LogP contribution >= 0.6 is 0 Å². The molecule has 0 aliphatic heterocycles. The lowest BCUT2D eigenvalue weighted by Crippen LogP contribution is -2.53. The van der Waals surface area contributed by atoms with Crippen molar-refractivity contribution in [1.82, 2.24) is 5.32 Å². The van der Waals surface area contributed by atoms with Crippen LogP contribution in [0.2, 0.25) is 0 Å². The van der Waals surface area contributed by atoms with Gasteiger partial charge in [-0.1, -0.05) is 198 Å². The van der Waals surface area contributed by atoms with Crippen molar-refractivity contribution < 1.29 is 25.2 Å². The van der Waals surface area contributed by atoms with Crippen LogP contribution in [-0.4, -0.2) is 57.3 Å². The third-order valence-corrected chi connectivity index (χ3v) is 10.8. The second-order valence-corrected chi connectivity index (χ2v) is 16.1. The lowest BCUT2D eigenvalue weighted by atomic mass is 10.00. The van der Waals surface area contributed by atoms with Gasteiger partial charge in [-0.15, -0.1) is 0 Å². The van der Waals surface area contributed by atoms with Crippen molar-refractivity contribution in [2.45, 2.75) is 257 Å². The summed E-state index contributed by atoms with van der Waals surface area (Å²) >= 11 is 0. The number of aliphatic hydroxyl groups is 4. The minimum absolute atomic E-state index is 0.356. The fourth-order valence-corrected chi connectivity index (χ4v) is 7.08. The quantitative estimate of drug-likeness (QED) is 0.0314. The summed E-state index contributed by atoms with van der Waals surface area (Å²) < 4.78 is 0. The van der Waals surface area contributed by atoms with Gasteiger partial charge < -0.3 is 25.7 Å². The molecule has 5 N–H and O–H groups in total. The Morgan fingerprint density at radius 1 is 0.463 bits per heavy atom. The minimum Gasteiger partial charge on any atom is -0.394 e. The maximum absolute atomic E-state index is 12.5. The van der Waals surface area contributed by atoms with Crippen molar-refractivity contribution in [2.75, 3.05) is 6.61 Å². The Bertz CT molecular complexity index is 858. The van der Waals surface area contributed by atoms with Crippen molar-refractivity contribution in [2.24, 2.45) is 0 Å². The van der Waals surface area contributed by atoms with Gasteiger partial charge in [-0.2, -0.15) is 0 Å². The van der Waals surface area contributed by atoms with E-state index in [1.807, 2.05) is 0 Å². The average molecular weight is 762 g/mol. The molecule has 0 bridgehead atoms. The summed E-state index contributed by atoms with van der Waals surface area (Å²) in [5.74, 6) is -0.598. The van der Waals surface area contributed by atoms with E-state index >= 15 is 0 Å². The molecule has 6 heteroatoms. The van der Waals surface area contributed by atoms with Gasteiger partial charge in [-0.25, -0.2) is 0 Å². The maximum atomic E-state index is 12.5. The molecule has 4 atom stereocenters. The minimum atomic E-state index is -1.28. The molecule has 0 saturated carbocycles. The third kappa shape index (κ3) is 36.2. The van der Waals surface area contributed by atoms with Gasteiger partial charge in [0.15, 0.2) is 0 Å². The molecule has 4 unspecified atom stereocenters. The fraction of sp³-hybridized carbons (Fsp3) is 0.854. The van der Waals surface area contributed by atoms with E-state index in [2.05, 4.69) is 55.6 Å². The van der Waals surface area contributed by atoms with Crippen molar-refractivity contribution in [3.05, 3.63) is 36.5 Å². The first kappa shape index (κ1) is 52.5. The topological polar surface area (TPSA) is 110 Å². The van der Waals surface area contributed by atoms with Crippen LogP contribution in [0.15, 0.2) is 36.5 Å². The number of carbonyl (C=O) groups excluding carboxylic acids is 1. The number of rotatable bonds is 42. The number of carbonyl (C=O) groups is 1. The Kier molecular flexibility index (Phi) is 41.5. The molecule has 318 valence electrons. The second-order valence-electron chi connectivity index (χ2n) is 16.1. The normalized spacial score (nSPS) is 14.4. The van der Waals surface area contributed by atoms with E-state index in [9.17, 15) is 25.2 Å². The summed E-state index contributed by atoms with van der Waals surface area (Å²) in [6, 6.07) is -1.00. The van der Waals surface area contributed by atoms with Gasteiger partial charge >= 0.3 is 0 Å². The van der Waals surface area contributed by atoms with Gasteiger partial charge in [0.2, 0.25) is 5.91 Å². The predicted octanol–water partition coefficient (Wildman–Crippen LogP) is 12.5. The van der Waals surface area contributed by atoms with E-state index < -0.39 is 36.9 Å². The highest BCUT2D eigenvalue weighted by atomic mass is 16.3. The Morgan fingerprint density at radius 2 is 0.815 bits per heavy atom. The molecule has 0 rings (SSSR count). The fourth-order valence-electron chi connectivity index (χ4n) is 7.08. The third-order valence-electron chi connectivity index (χ3n) is 10.8. The van der Waals surface area contributed by atoms with Crippen LogP contribution in [0.5, 0.6) is 0 Å². The van der Waals surface area contributed by atoms with Crippen LogP contribution < -0.4 is 5.32 Å². The molecule has 1 amide bonds. The first-order valence-electron chi connectivity index (χ1n) is 23.4. The van der Waals surface area contributed by atoms with Crippen LogP contribution in [0, 0.1) is 0 Å². The van der Waals surface area contributed by atoms with E-state index in [4.69, 9.17) is 0 Å². The smallest absolute Gasteiger partial charge is 0.249 e. The molecule has 54 heavy (non-hydrogen) atoms. The van der Waals surface area contributed by atoms with Gasteiger partial charge in [0, 0.05) is 0 Å². The summed E-state index contributed by atoms with van der Waals surface area (Å²) in [4.78, 5) is 12.5. The number of amides is 1. The summed E-state index contributed by atoms with van der Waals surface area (Å²) in [7, 11) is 0. The first-order chi connectivity index (χ1) is 26.5. The molecule has 6 nitrogen and oxygen atoms in total. The average Bonchev–Trinajstić information content (AvgIpc) is 3.18. The summed E-state index contributed by atoms with van der Waals surface area (Å²) in [5.41, 5.74) is 0. The predicted molar refractivity (Wildman–Crippen MR) is 233 cm³/mol. The van der Waals surface area contributed by atoms with Crippen LogP contribution in [0.25, 0.3) is 0 Å². The van der Waals surface area contributed by atoms with Crippen LogP contribution in [0.3, 0.4) is 0 Å². The highest BCUT2D eigenvalue weighted by Crippen LogP contribution is 2.15. The van der Waals surface area contributed by atoms with Crippen molar-refractivity contribution in [3.63, 3.8) is 0 Å². The SMILES string of the molecule is CCCCCCCCCCC/C=C\C/C=C\CCCCCCCCCCC(O)C(=O)NC(CO)C(O)C(O)CCC/C=C/CCCCCCCCCCC. The zero-order chi connectivity index (χ0) is 39.6. The Morgan fingerprint density at radius 3 is 1.22 bits per heavy atom. The maximum Gasteiger partial charge on any atom is 0.249 e. The Hall–Kier alpha value is -1.47. The second kappa shape index (κ2) is 42.7. The lowest BCUT2D eigenvalue weighted by molar-refractivity contribution is -0.132. The largest absolute Gasteiger partial charge is 0.394 e. The molecule has 0 aromatic rings. The molecule has 0 heterocycles. The molecule has 0 aromatic carbocycles. The molecular formula is C48H91NO5. The van der Waals surface area contributed by atoms with Gasteiger partial charge in [0.25, 0.3) is 0 Å². The van der Waals surface area contributed by atoms with E-state index in [1.165, 1.54) is 154 Å². The van der Waals surface area contributed by atoms with Gasteiger partial charge in [-0.3, -0.25) is 4.79 Å². The number of aliphatic hydroxyl groups excluding tert-OH is 4. The summed E-state index contributed by atoms with van der Waals surface area (Å²) in [6.07, 6.45) is 50.4. The highest BCUT2D eigenvalue weighted by Gasteiger charge is 2.28. The van der Waals surface area contributed by atoms with Gasteiger partial charge in [-0.05, 0) is 70.6 Å². The van der Waals surface area contributed by atoms with E-state index in [1.54, 1.807) is 0 Å². The number of hydrogen-bond donors (Lipinski definition) is 5. The Balaban J connectivity index is 3.74. The lowest BCUT2D eigenvalue weighted by Gasteiger charge is -2.27. The van der Waals surface area contributed by atoms with Crippen molar-refractivity contribution in [3.8, 4) is 0 Å². The molecule has 0 aromatic heterocycles. The molecule has 0 spiro atoms. The molecule has 0 fully saturated rings. The zero-order valence-electron chi connectivity index (χ0n) is 35.7.